The molecule has 0 saturated carbocycles. The molecule has 1 aromatic rings. The van der Waals surface area contributed by atoms with E-state index in [-0.39, 0.29) is 18.1 Å². The predicted molar refractivity (Wildman–Crippen MR) is 73.6 cm³/mol. The zero-order valence-corrected chi connectivity index (χ0v) is 11.6. The molecule has 0 heterocycles. The van der Waals surface area contributed by atoms with Crippen LogP contribution in [-0.4, -0.2) is 47.3 Å². The highest BCUT2D eigenvalue weighted by molar-refractivity contribution is 5.96. The predicted octanol–water partition coefficient (Wildman–Crippen LogP) is 1.01. The van der Waals surface area contributed by atoms with Gasteiger partial charge in [-0.3, -0.25) is 4.79 Å². The SMILES string of the molecule is CC(O)CCN(C)C(=O)c1cc(F)ccc1C#CCO. The molecular weight excluding hydrogens is 261 g/mol. The Morgan fingerprint density at radius 1 is 1.50 bits per heavy atom. The van der Waals surface area contributed by atoms with Gasteiger partial charge < -0.3 is 15.1 Å². The van der Waals surface area contributed by atoms with Crippen molar-refractivity contribution >= 4 is 5.91 Å². The molecule has 1 amide bonds. The number of benzene rings is 1. The van der Waals surface area contributed by atoms with Crippen LogP contribution in [-0.2, 0) is 0 Å². The first-order valence-corrected chi connectivity index (χ1v) is 6.28. The van der Waals surface area contributed by atoms with Gasteiger partial charge in [-0.1, -0.05) is 11.8 Å². The number of aliphatic hydroxyl groups excluding tert-OH is 2. The lowest BCUT2D eigenvalue weighted by atomic mass is 10.1. The Kier molecular flexibility index (Phi) is 6.16. The number of carbonyl (C=O) groups excluding carboxylic acids is 1. The van der Waals surface area contributed by atoms with Crippen molar-refractivity contribution in [3.63, 3.8) is 0 Å². The second kappa shape index (κ2) is 7.63. The van der Waals surface area contributed by atoms with E-state index >= 15 is 0 Å². The molecule has 1 rings (SSSR count). The summed E-state index contributed by atoms with van der Waals surface area (Å²) in [6.07, 6.45) is -0.0683. The Hall–Kier alpha value is -1.90. The summed E-state index contributed by atoms with van der Waals surface area (Å²) in [6.45, 7) is 1.67. The number of halogens is 1. The molecule has 1 unspecified atom stereocenters. The molecule has 108 valence electrons. The maximum atomic E-state index is 13.3. The fourth-order valence-electron chi connectivity index (χ4n) is 1.62. The highest BCUT2D eigenvalue weighted by Gasteiger charge is 2.16. The van der Waals surface area contributed by atoms with Crippen molar-refractivity contribution < 1.29 is 19.4 Å². The van der Waals surface area contributed by atoms with Crippen LogP contribution in [0.5, 0.6) is 0 Å². The number of carbonyl (C=O) groups is 1. The zero-order chi connectivity index (χ0) is 15.1. The van der Waals surface area contributed by atoms with Crippen molar-refractivity contribution in [1.29, 1.82) is 0 Å². The van der Waals surface area contributed by atoms with Gasteiger partial charge in [0.1, 0.15) is 12.4 Å². The first-order valence-electron chi connectivity index (χ1n) is 6.28. The van der Waals surface area contributed by atoms with Crippen LogP contribution in [0.15, 0.2) is 18.2 Å². The fourth-order valence-corrected chi connectivity index (χ4v) is 1.62. The Bertz CT molecular complexity index is 532. The molecular formula is C15H18FNO3. The molecule has 2 N–H and O–H groups in total. The molecule has 0 fully saturated rings. The number of hydrogen-bond donors (Lipinski definition) is 2. The molecule has 0 aliphatic rings. The number of rotatable bonds is 4. The van der Waals surface area contributed by atoms with Crippen LogP contribution in [0.1, 0.15) is 29.3 Å². The van der Waals surface area contributed by atoms with Crippen LogP contribution >= 0.6 is 0 Å². The third kappa shape index (κ3) is 4.65. The largest absolute Gasteiger partial charge is 0.393 e. The summed E-state index contributed by atoms with van der Waals surface area (Å²) in [4.78, 5) is 13.6. The first kappa shape index (κ1) is 16.2. The topological polar surface area (TPSA) is 60.8 Å². The molecule has 0 radical (unpaired) electrons. The molecule has 0 saturated heterocycles. The van der Waals surface area contributed by atoms with Gasteiger partial charge in [-0.15, -0.1) is 0 Å². The van der Waals surface area contributed by atoms with Crippen LogP contribution in [0.25, 0.3) is 0 Å². The van der Waals surface area contributed by atoms with Crippen LogP contribution in [0.4, 0.5) is 4.39 Å². The maximum absolute atomic E-state index is 13.3. The standard InChI is InChI=1S/C15H18FNO3/c1-11(19)7-8-17(2)15(20)14-10-13(16)6-5-12(14)4-3-9-18/h5-6,10-11,18-19H,7-9H2,1-2H3. The summed E-state index contributed by atoms with van der Waals surface area (Å²) in [5.41, 5.74) is 0.522. The van der Waals surface area contributed by atoms with Gasteiger partial charge >= 0.3 is 0 Å². The highest BCUT2D eigenvalue weighted by Crippen LogP contribution is 2.13. The smallest absolute Gasteiger partial charge is 0.254 e. The van der Waals surface area contributed by atoms with Gasteiger partial charge in [-0.25, -0.2) is 4.39 Å². The van der Waals surface area contributed by atoms with Gasteiger partial charge in [0.15, 0.2) is 0 Å². The minimum atomic E-state index is -0.521. The van der Waals surface area contributed by atoms with Gasteiger partial charge in [-0.2, -0.15) is 0 Å². The van der Waals surface area contributed by atoms with Gasteiger partial charge in [0.2, 0.25) is 0 Å². The normalized spacial score (nSPS) is 11.4. The molecule has 0 aliphatic heterocycles. The molecule has 4 nitrogen and oxygen atoms in total. The van der Waals surface area contributed by atoms with Gasteiger partial charge in [0, 0.05) is 19.2 Å². The molecule has 0 aliphatic carbocycles. The van der Waals surface area contributed by atoms with E-state index < -0.39 is 11.9 Å². The van der Waals surface area contributed by atoms with E-state index in [1.807, 2.05) is 0 Å². The summed E-state index contributed by atoms with van der Waals surface area (Å²) in [5.74, 6) is 4.18. The molecule has 0 spiro atoms. The number of nitrogens with zero attached hydrogens (tertiary/aromatic N) is 1. The van der Waals surface area contributed by atoms with Crippen molar-refractivity contribution in [2.75, 3.05) is 20.2 Å². The number of aliphatic hydroxyl groups is 2. The van der Waals surface area contributed by atoms with E-state index in [9.17, 15) is 14.3 Å². The van der Waals surface area contributed by atoms with Crippen LogP contribution < -0.4 is 0 Å². The van der Waals surface area contributed by atoms with E-state index in [0.29, 0.717) is 18.5 Å². The van der Waals surface area contributed by atoms with E-state index in [1.165, 1.54) is 17.0 Å². The van der Waals surface area contributed by atoms with Crippen molar-refractivity contribution in [2.45, 2.75) is 19.4 Å². The Morgan fingerprint density at radius 2 is 2.20 bits per heavy atom. The second-order valence-electron chi connectivity index (χ2n) is 4.51. The maximum Gasteiger partial charge on any atom is 0.254 e. The lowest BCUT2D eigenvalue weighted by Gasteiger charge is -2.18. The van der Waals surface area contributed by atoms with Crippen molar-refractivity contribution in [1.82, 2.24) is 4.90 Å². The molecule has 20 heavy (non-hydrogen) atoms. The summed E-state index contributed by atoms with van der Waals surface area (Å²) < 4.78 is 13.3. The van der Waals surface area contributed by atoms with Gasteiger partial charge in [0.25, 0.3) is 5.91 Å². The highest BCUT2D eigenvalue weighted by atomic mass is 19.1. The minimum Gasteiger partial charge on any atom is -0.393 e. The quantitative estimate of drug-likeness (QED) is 0.809. The van der Waals surface area contributed by atoms with Crippen LogP contribution in [0.2, 0.25) is 0 Å². The van der Waals surface area contributed by atoms with Crippen molar-refractivity contribution in [2.24, 2.45) is 0 Å². The van der Waals surface area contributed by atoms with Gasteiger partial charge in [-0.05, 0) is 31.5 Å². The van der Waals surface area contributed by atoms with Crippen molar-refractivity contribution in [3.05, 3.63) is 35.1 Å². The lowest BCUT2D eigenvalue weighted by molar-refractivity contribution is 0.0768. The summed E-state index contributed by atoms with van der Waals surface area (Å²) in [5, 5.41) is 17.9. The van der Waals surface area contributed by atoms with Crippen molar-refractivity contribution in [3.8, 4) is 11.8 Å². The summed E-state index contributed by atoms with van der Waals surface area (Å²) in [6, 6.07) is 3.75. The Morgan fingerprint density at radius 3 is 2.80 bits per heavy atom. The summed E-state index contributed by atoms with van der Waals surface area (Å²) in [7, 11) is 1.58. The van der Waals surface area contributed by atoms with E-state index in [4.69, 9.17) is 5.11 Å². The first-order chi connectivity index (χ1) is 9.45. The van der Waals surface area contributed by atoms with Gasteiger partial charge in [0.05, 0.1) is 11.7 Å². The Labute approximate surface area is 117 Å². The van der Waals surface area contributed by atoms with E-state index in [0.717, 1.165) is 6.07 Å². The minimum absolute atomic E-state index is 0.152. The van der Waals surface area contributed by atoms with E-state index in [2.05, 4.69) is 11.8 Å². The average Bonchev–Trinajstić information content (AvgIpc) is 2.42. The van der Waals surface area contributed by atoms with E-state index in [1.54, 1.807) is 14.0 Å². The average molecular weight is 279 g/mol. The number of amides is 1. The van der Waals surface area contributed by atoms with Crippen LogP contribution in [0, 0.1) is 17.7 Å². The molecule has 1 atom stereocenters. The van der Waals surface area contributed by atoms with Crippen LogP contribution in [0.3, 0.4) is 0 Å². The lowest BCUT2D eigenvalue weighted by Crippen LogP contribution is -2.30. The number of hydrogen-bond acceptors (Lipinski definition) is 3. The monoisotopic (exact) mass is 279 g/mol. The summed E-state index contributed by atoms with van der Waals surface area (Å²) >= 11 is 0. The molecule has 1 aromatic carbocycles. The second-order valence-corrected chi connectivity index (χ2v) is 4.51. The zero-order valence-electron chi connectivity index (χ0n) is 11.6. The Balaban J connectivity index is 2.98. The third-order valence-electron chi connectivity index (χ3n) is 2.74. The molecule has 5 heteroatoms. The molecule has 0 bridgehead atoms. The molecule has 0 aromatic heterocycles. The third-order valence-corrected chi connectivity index (χ3v) is 2.74. The fraction of sp³-hybridized carbons (Fsp3) is 0.400.